The molecule has 5 rings (SSSR count). The van der Waals surface area contributed by atoms with Gasteiger partial charge in [-0.15, -0.1) is 0 Å². The van der Waals surface area contributed by atoms with Gasteiger partial charge >= 0.3 is 5.91 Å². The molecule has 0 aliphatic carbocycles. The summed E-state index contributed by atoms with van der Waals surface area (Å²) in [6, 6.07) is 13.2. The summed E-state index contributed by atoms with van der Waals surface area (Å²) in [5.41, 5.74) is 1.68. The topological polar surface area (TPSA) is 136 Å². The van der Waals surface area contributed by atoms with Crippen LogP contribution in [0.1, 0.15) is 36.2 Å². The summed E-state index contributed by atoms with van der Waals surface area (Å²) in [4.78, 5) is 47.5. The van der Waals surface area contributed by atoms with E-state index >= 15 is 0 Å². The zero-order chi connectivity index (χ0) is 27.0. The molecule has 38 heavy (non-hydrogen) atoms. The molecule has 3 heterocycles. The van der Waals surface area contributed by atoms with Crippen molar-refractivity contribution in [2.24, 2.45) is 0 Å². The number of fused-ring (bicyclic) bond motifs is 1. The van der Waals surface area contributed by atoms with Gasteiger partial charge in [0.2, 0.25) is 0 Å². The number of anilines is 1. The van der Waals surface area contributed by atoms with Crippen LogP contribution in [0.5, 0.6) is 5.75 Å². The molecule has 2 aromatic carbocycles. The van der Waals surface area contributed by atoms with Gasteiger partial charge in [0.25, 0.3) is 11.5 Å². The predicted molar refractivity (Wildman–Crippen MR) is 142 cm³/mol. The van der Waals surface area contributed by atoms with Crippen LogP contribution in [0.3, 0.4) is 0 Å². The van der Waals surface area contributed by atoms with Gasteiger partial charge in [-0.2, -0.15) is 0 Å². The number of ketones is 1. The number of ether oxygens (including phenoxy) is 1. The maximum Gasteiger partial charge on any atom is 0.301 e. The number of nitrogens with zero attached hydrogens (tertiary/aromatic N) is 4. The fraction of sp³-hybridized carbons (Fsp3) is 0.185. The first-order valence-corrected chi connectivity index (χ1v) is 12.6. The van der Waals surface area contributed by atoms with E-state index in [4.69, 9.17) is 4.74 Å². The third-order valence-corrected chi connectivity index (χ3v) is 7.12. The Hall–Kier alpha value is -4.64. The zero-order valence-corrected chi connectivity index (χ0v) is 21.3. The number of carbonyl (C=O) groups excluding carboxylic acids is 2. The van der Waals surface area contributed by atoms with Crippen molar-refractivity contribution >= 4 is 49.8 Å². The van der Waals surface area contributed by atoms with E-state index in [1.54, 1.807) is 36.4 Å². The minimum atomic E-state index is -1.05. The van der Waals surface area contributed by atoms with Crippen molar-refractivity contribution < 1.29 is 24.4 Å². The van der Waals surface area contributed by atoms with Crippen LogP contribution < -0.4 is 9.64 Å². The number of nitro groups is 1. The van der Waals surface area contributed by atoms with E-state index in [0.717, 1.165) is 23.3 Å². The second-order valence-electron chi connectivity index (χ2n) is 8.66. The average molecular weight is 531 g/mol. The molecule has 1 saturated heterocycles. The number of carbonyl (C=O) groups is 2. The number of pyridine rings is 1. The highest BCUT2D eigenvalue weighted by Crippen LogP contribution is 2.44. The molecule has 0 spiro atoms. The van der Waals surface area contributed by atoms with E-state index in [0.29, 0.717) is 33.8 Å². The molecule has 1 amide bonds. The van der Waals surface area contributed by atoms with E-state index < -0.39 is 22.7 Å². The van der Waals surface area contributed by atoms with Crippen molar-refractivity contribution in [2.45, 2.75) is 26.3 Å². The van der Waals surface area contributed by atoms with Gasteiger partial charge in [-0.1, -0.05) is 24.3 Å². The van der Waals surface area contributed by atoms with Crippen molar-refractivity contribution in [3.63, 3.8) is 0 Å². The van der Waals surface area contributed by atoms with Crippen molar-refractivity contribution in [3.05, 3.63) is 93.3 Å². The van der Waals surface area contributed by atoms with Crippen LogP contribution in [0.15, 0.2) is 66.4 Å². The zero-order valence-electron chi connectivity index (χ0n) is 20.5. The number of Topliss-reactive ketones (excluding diaryl/α,β-unsaturated/α-hetero) is 1. The molecule has 10 nitrogen and oxygen atoms in total. The summed E-state index contributed by atoms with van der Waals surface area (Å²) in [5, 5.41) is 22.7. The molecular weight excluding hydrogens is 508 g/mol. The molecule has 1 unspecified atom stereocenters. The quantitative estimate of drug-likeness (QED) is 0.111. The molecule has 11 heteroatoms. The molecule has 2 aromatic heterocycles. The average Bonchev–Trinajstić information content (AvgIpc) is 3.45. The van der Waals surface area contributed by atoms with Crippen molar-refractivity contribution in [3.8, 4) is 5.75 Å². The minimum absolute atomic E-state index is 0.113. The molecule has 1 N–H and O–H groups in total. The van der Waals surface area contributed by atoms with Crippen molar-refractivity contribution in [1.29, 1.82) is 0 Å². The molecule has 4 aromatic rings. The number of non-ortho nitro benzene ring substituents is 1. The Kier molecular flexibility index (Phi) is 6.60. The number of nitro benzene ring substituents is 1. The van der Waals surface area contributed by atoms with Crippen LogP contribution >= 0.6 is 11.3 Å². The Morgan fingerprint density at radius 2 is 2.00 bits per heavy atom. The van der Waals surface area contributed by atoms with Gasteiger partial charge < -0.3 is 9.84 Å². The van der Waals surface area contributed by atoms with Crippen molar-refractivity contribution in [2.75, 3.05) is 11.5 Å². The fourth-order valence-corrected chi connectivity index (χ4v) is 5.32. The summed E-state index contributed by atoms with van der Waals surface area (Å²) >= 11 is 1.04. The lowest BCUT2D eigenvalue weighted by Gasteiger charge is -2.22. The number of rotatable bonds is 7. The van der Waals surface area contributed by atoms with Gasteiger partial charge in [0.15, 0.2) is 5.13 Å². The van der Waals surface area contributed by atoms with E-state index in [1.807, 2.05) is 13.8 Å². The normalized spacial score (nSPS) is 16.8. The first-order valence-electron chi connectivity index (χ1n) is 11.8. The number of benzene rings is 2. The SMILES string of the molecule is CCCOc1ccc(/C(O)=C2\C(=O)C(=O)N(c3nc4ccc([N+](=O)[O-])cc4s3)C2c2ccccn2)cc1C. The fourth-order valence-electron chi connectivity index (χ4n) is 4.29. The Morgan fingerprint density at radius 3 is 2.68 bits per heavy atom. The van der Waals surface area contributed by atoms with Gasteiger partial charge in [0, 0.05) is 23.9 Å². The maximum atomic E-state index is 13.4. The summed E-state index contributed by atoms with van der Waals surface area (Å²) in [7, 11) is 0. The summed E-state index contributed by atoms with van der Waals surface area (Å²) in [6.45, 7) is 4.37. The molecule has 1 atom stereocenters. The lowest BCUT2D eigenvalue weighted by molar-refractivity contribution is -0.384. The Labute approximate surface area is 221 Å². The first-order chi connectivity index (χ1) is 18.3. The predicted octanol–water partition coefficient (Wildman–Crippen LogP) is 5.32. The van der Waals surface area contributed by atoms with E-state index in [-0.39, 0.29) is 22.2 Å². The number of amides is 1. The van der Waals surface area contributed by atoms with Gasteiger partial charge in [-0.3, -0.25) is 29.6 Å². The third-order valence-electron chi connectivity index (χ3n) is 6.10. The van der Waals surface area contributed by atoms with Crippen LogP contribution in [-0.2, 0) is 9.59 Å². The van der Waals surface area contributed by atoms with Gasteiger partial charge in [-0.25, -0.2) is 4.98 Å². The smallest absolute Gasteiger partial charge is 0.301 e. The number of aliphatic hydroxyl groups is 1. The Balaban J connectivity index is 1.65. The van der Waals surface area contributed by atoms with Gasteiger partial charge in [0.05, 0.1) is 33.0 Å². The minimum Gasteiger partial charge on any atom is -0.507 e. The lowest BCUT2D eigenvalue weighted by atomic mass is 9.97. The molecular formula is C27H22N4O6S. The third kappa shape index (κ3) is 4.37. The Bertz CT molecular complexity index is 1610. The number of aliphatic hydroxyl groups excluding tert-OH is 1. The lowest BCUT2D eigenvalue weighted by Crippen LogP contribution is -2.29. The molecule has 0 bridgehead atoms. The number of aromatic nitrogens is 2. The summed E-state index contributed by atoms with van der Waals surface area (Å²) < 4.78 is 6.20. The van der Waals surface area contributed by atoms with E-state index in [2.05, 4.69) is 9.97 Å². The van der Waals surface area contributed by atoms with Crippen LogP contribution in [0.25, 0.3) is 16.0 Å². The highest BCUT2D eigenvalue weighted by atomic mass is 32.1. The summed E-state index contributed by atoms with van der Waals surface area (Å²) in [6.07, 6.45) is 2.37. The van der Waals surface area contributed by atoms with Gasteiger partial charge in [0.1, 0.15) is 17.6 Å². The van der Waals surface area contributed by atoms with Crippen LogP contribution in [-0.4, -0.2) is 38.3 Å². The maximum absolute atomic E-state index is 13.4. The number of aryl methyl sites for hydroxylation is 1. The molecule has 0 saturated carbocycles. The summed E-state index contributed by atoms with van der Waals surface area (Å²) in [5.74, 6) is -1.44. The highest BCUT2D eigenvalue weighted by molar-refractivity contribution is 7.22. The van der Waals surface area contributed by atoms with Crippen molar-refractivity contribution in [1.82, 2.24) is 9.97 Å². The number of thiazole rings is 1. The molecule has 1 fully saturated rings. The molecule has 192 valence electrons. The second-order valence-corrected chi connectivity index (χ2v) is 9.67. The largest absolute Gasteiger partial charge is 0.507 e. The Morgan fingerprint density at radius 1 is 1.18 bits per heavy atom. The van der Waals surface area contributed by atoms with Crippen LogP contribution in [0.2, 0.25) is 0 Å². The highest BCUT2D eigenvalue weighted by Gasteiger charge is 2.48. The second kappa shape index (κ2) is 10.0. The van der Waals surface area contributed by atoms with Crippen LogP contribution in [0.4, 0.5) is 10.8 Å². The number of hydrogen-bond acceptors (Lipinski definition) is 9. The monoisotopic (exact) mass is 530 g/mol. The standard InChI is InChI=1S/C27H22N4O6S/c1-3-12-37-20-10-7-16(13-15(20)2)24(32)22-23(19-6-4-5-11-28-19)30(26(34)25(22)33)27-29-18-9-8-17(31(35)36)14-21(18)38-27/h4-11,13-14,23,32H,3,12H2,1-2H3/b24-22+. The van der Waals surface area contributed by atoms with Gasteiger partial charge in [-0.05, 0) is 55.3 Å². The first kappa shape index (κ1) is 25.0. The molecule has 1 aliphatic heterocycles. The van der Waals surface area contributed by atoms with E-state index in [9.17, 15) is 24.8 Å². The van der Waals surface area contributed by atoms with E-state index in [1.165, 1.54) is 29.3 Å². The molecule has 1 aliphatic rings. The van der Waals surface area contributed by atoms with Crippen LogP contribution in [0, 0.1) is 17.0 Å². The number of hydrogen-bond donors (Lipinski definition) is 1. The molecule has 0 radical (unpaired) electrons.